The van der Waals surface area contributed by atoms with Gasteiger partial charge in [0.1, 0.15) is 5.76 Å². The van der Waals surface area contributed by atoms with Gasteiger partial charge in [-0.1, -0.05) is 13.8 Å². The van der Waals surface area contributed by atoms with Crippen molar-refractivity contribution in [1.82, 2.24) is 9.88 Å². The fourth-order valence-electron chi connectivity index (χ4n) is 1.47. The van der Waals surface area contributed by atoms with E-state index in [9.17, 15) is 4.79 Å². The van der Waals surface area contributed by atoms with Crippen LogP contribution in [0.15, 0.2) is 10.8 Å². The molecule has 0 aliphatic carbocycles. The summed E-state index contributed by atoms with van der Waals surface area (Å²) < 4.78 is 5.01. The highest BCUT2D eigenvalue weighted by Gasteiger charge is 2.24. The van der Waals surface area contributed by atoms with E-state index in [0.717, 1.165) is 0 Å². The van der Waals surface area contributed by atoms with Gasteiger partial charge < -0.3 is 15.1 Å². The zero-order valence-corrected chi connectivity index (χ0v) is 11.5. The molecule has 0 aliphatic rings. The Morgan fingerprint density at radius 1 is 1.59 bits per heavy atom. The Bertz CT molecular complexity index is 377. The maximum atomic E-state index is 12.0. The molecule has 0 atom stereocenters. The molecule has 1 aromatic rings. The van der Waals surface area contributed by atoms with E-state index < -0.39 is 0 Å². The van der Waals surface area contributed by atoms with Crippen molar-refractivity contribution in [3.63, 3.8) is 0 Å². The number of rotatable bonds is 4. The number of aryl methyl sites for hydroxylation is 1. The number of hydrogen-bond donors (Lipinski definition) is 1. The maximum absolute atomic E-state index is 12.0. The molecular formula is C11H20ClN3O2. The molecule has 2 N–H and O–H groups in total. The molecule has 0 radical (unpaired) electrons. The average molecular weight is 262 g/mol. The highest BCUT2D eigenvalue weighted by Crippen LogP contribution is 2.16. The van der Waals surface area contributed by atoms with E-state index in [1.165, 1.54) is 6.39 Å². The van der Waals surface area contributed by atoms with Crippen molar-refractivity contribution in [3.8, 4) is 0 Å². The Kier molecular flexibility index (Phi) is 5.64. The van der Waals surface area contributed by atoms with Crippen molar-refractivity contribution >= 4 is 18.3 Å². The van der Waals surface area contributed by atoms with Gasteiger partial charge in [0, 0.05) is 13.6 Å². The van der Waals surface area contributed by atoms with Crippen LogP contribution in [0.4, 0.5) is 0 Å². The summed E-state index contributed by atoms with van der Waals surface area (Å²) in [4.78, 5) is 17.5. The Labute approximate surface area is 108 Å². The predicted molar refractivity (Wildman–Crippen MR) is 68.3 cm³/mol. The van der Waals surface area contributed by atoms with Crippen LogP contribution in [-0.2, 0) is 0 Å². The predicted octanol–water partition coefficient (Wildman–Crippen LogP) is 1.46. The monoisotopic (exact) mass is 261 g/mol. The molecule has 98 valence electrons. The van der Waals surface area contributed by atoms with E-state index in [4.69, 9.17) is 10.2 Å². The third-order valence-electron chi connectivity index (χ3n) is 2.51. The quantitative estimate of drug-likeness (QED) is 0.891. The summed E-state index contributed by atoms with van der Waals surface area (Å²) in [6.45, 7) is 6.89. The van der Waals surface area contributed by atoms with E-state index in [0.29, 0.717) is 24.5 Å². The summed E-state index contributed by atoms with van der Waals surface area (Å²) in [5, 5.41) is 0. The number of carbonyl (C=O) groups excluding carboxylic acids is 1. The molecule has 0 fully saturated rings. The maximum Gasteiger partial charge on any atom is 0.275 e. The first kappa shape index (κ1) is 15.9. The van der Waals surface area contributed by atoms with Crippen LogP contribution in [0.5, 0.6) is 0 Å². The minimum absolute atomic E-state index is 0. The largest absolute Gasteiger partial charge is 0.448 e. The summed E-state index contributed by atoms with van der Waals surface area (Å²) in [5.41, 5.74) is 5.91. The van der Waals surface area contributed by atoms with Gasteiger partial charge in [0.25, 0.3) is 5.91 Å². The number of amides is 1. The van der Waals surface area contributed by atoms with Crippen molar-refractivity contribution in [3.05, 3.63) is 17.8 Å². The van der Waals surface area contributed by atoms with Gasteiger partial charge in [-0.15, -0.1) is 12.4 Å². The third-order valence-corrected chi connectivity index (χ3v) is 2.51. The normalized spacial score (nSPS) is 10.9. The molecule has 0 bridgehead atoms. The molecule has 0 saturated heterocycles. The fourth-order valence-corrected chi connectivity index (χ4v) is 1.47. The van der Waals surface area contributed by atoms with E-state index in [1.807, 2.05) is 13.8 Å². The summed E-state index contributed by atoms with van der Waals surface area (Å²) in [7, 11) is 1.74. The van der Waals surface area contributed by atoms with E-state index in [1.54, 1.807) is 18.9 Å². The van der Waals surface area contributed by atoms with Gasteiger partial charge >= 0.3 is 0 Å². The second-order valence-electron chi connectivity index (χ2n) is 4.79. The second kappa shape index (κ2) is 6.02. The molecule has 1 amide bonds. The average Bonchev–Trinajstić information content (AvgIpc) is 2.62. The van der Waals surface area contributed by atoms with Gasteiger partial charge in [0.05, 0.1) is 0 Å². The number of nitrogens with zero attached hydrogens (tertiary/aromatic N) is 2. The standard InChI is InChI=1S/C11H19N3O2.ClH/c1-8-9(13-7-16-8)10(15)14(4)6-11(2,3)5-12;/h7H,5-6,12H2,1-4H3;1H. The summed E-state index contributed by atoms with van der Waals surface area (Å²) in [6.07, 6.45) is 1.28. The number of aromatic nitrogens is 1. The fraction of sp³-hybridized carbons (Fsp3) is 0.636. The summed E-state index contributed by atoms with van der Waals surface area (Å²) in [5.74, 6) is 0.412. The van der Waals surface area contributed by atoms with Crippen molar-refractivity contribution in [1.29, 1.82) is 0 Å². The first-order chi connectivity index (χ1) is 7.37. The van der Waals surface area contributed by atoms with Crippen LogP contribution < -0.4 is 5.73 Å². The molecule has 0 unspecified atom stereocenters. The molecule has 0 aliphatic heterocycles. The van der Waals surface area contributed by atoms with Crippen LogP contribution in [-0.4, -0.2) is 35.9 Å². The first-order valence-corrected chi connectivity index (χ1v) is 5.23. The molecule has 0 saturated carbocycles. The zero-order chi connectivity index (χ0) is 12.3. The number of nitrogens with two attached hydrogens (primary N) is 1. The molecule has 0 aromatic carbocycles. The van der Waals surface area contributed by atoms with Gasteiger partial charge in [-0.2, -0.15) is 0 Å². The van der Waals surface area contributed by atoms with Crippen LogP contribution in [0.1, 0.15) is 30.1 Å². The number of oxazole rings is 1. The third kappa shape index (κ3) is 4.02. The van der Waals surface area contributed by atoms with Crippen LogP contribution in [0.2, 0.25) is 0 Å². The number of halogens is 1. The minimum Gasteiger partial charge on any atom is -0.448 e. The van der Waals surface area contributed by atoms with E-state index in [2.05, 4.69) is 4.98 Å². The van der Waals surface area contributed by atoms with Crippen LogP contribution in [0.3, 0.4) is 0 Å². The molecule has 0 spiro atoms. The van der Waals surface area contributed by atoms with Gasteiger partial charge in [-0.05, 0) is 18.9 Å². The van der Waals surface area contributed by atoms with Crippen molar-refractivity contribution in [2.24, 2.45) is 11.1 Å². The SMILES string of the molecule is Cc1ocnc1C(=O)N(C)CC(C)(C)CN.Cl. The zero-order valence-electron chi connectivity index (χ0n) is 10.7. The van der Waals surface area contributed by atoms with Crippen molar-refractivity contribution in [2.75, 3.05) is 20.1 Å². The van der Waals surface area contributed by atoms with Crippen molar-refractivity contribution in [2.45, 2.75) is 20.8 Å². The summed E-state index contributed by atoms with van der Waals surface area (Å²) in [6, 6.07) is 0. The summed E-state index contributed by atoms with van der Waals surface area (Å²) >= 11 is 0. The second-order valence-corrected chi connectivity index (χ2v) is 4.79. The number of hydrogen-bond acceptors (Lipinski definition) is 4. The first-order valence-electron chi connectivity index (χ1n) is 5.23. The lowest BCUT2D eigenvalue weighted by Crippen LogP contribution is -2.40. The lowest BCUT2D eigenvalue weighted by atomic mass is 9.93. The molecule has 1 rings (SSSR count). The molecule has 1 heterocycles. The Morgan fingerprint density at radius 3 is 2.59 bits per heavy atom. The van der Waals surface area contributed by atoms with E-state index >= 15 is 0 Å². The topological polar surface area (TPSA) is 72.4 Å². The Morgan fingerprint density at radius 2 is 2.18 bits per heavy atom. The number of carbonyl (C=O) groups is 1. The van der Waals surface area contributed by atoms with Crippen LogP contribution in [0.25, 0.3) is 0 Å². The van der Waals surface area contributed by atoms with Gasteiger partial charge in [0.2, 0.25) is 0 Å². The molecule has 1 aromatic heterocycles. The van der Waals surface area contributed by atoms with Gasteiger partial charge in [-0.3, -0.25) is 4.79 Å². The minimum atomic E-state index is -0.132. The van der Waals surface area contributed by atoms with Crippen LogP contribution >= 0.6 is 12.4 Å². The Balaban J connectivity index is 0.00000256. The highest BCUT2D eigenvalue weighted by molar-refractivity contribution is 5.92. The van der Waals surface area contributed by atoms with Crippen molar-refractivity contribution < 1.29 is 9.21 Å². The smallest absolute Gasteiger partial charge is 0.275 e. The van der Waals surface area contributed by atoms with Gasteiger partial charge in [-0.25, -0.2) is 4.98 Å². The molecule has 5 nitrogen and oxygen atoms in total. The molecular weight excluding hydrogens is 242 g/mol. The lowest BCUT2D eigenvalue weighted by molar-refractivity contribution is 0.0733. The molecule has 6 heteroatoms. The van der Waals surface area contributed by atoms with Gasteiger partial charge in [0.15, 0.2) is 12.1 Å². The highest BCUT2D eigenvalue weighted by atomic mass is 35.5. The Hall–Kier alpha value is -1.07. The van der Waals surface area contributed by atoms with Crippen LogP contribution in [0, 0.1) is 12.3 Å². The molecule has 17 heavy (non-hydrogen) atoms. The van der Waals surface area contributed by atoms with E-state index in [-0.39, 0.29) is 23.7 Å². The lowest BCUT2D eigenvalue weighted by Gasteiger charge is -2.28.